The number of hydrogen-bond donors (Lipinski definition) is 1. The number of thioether (sulfide) groups is 1. The van der Waals surface area contributed by atoms with Gasteiger partial charge < -0.3 is 10.6 Å². The fraction of sp³-hybridized carbons (Fsp3) is 0.125. The van der Waals surface area contributed by atoms with Gasteiger partial charge in [0, 0.05) is 11.3 Å². The number of rotatable bonds is 5. The zero-order valence-corrected chi connectivity index (χ0v) is 13.0. The molecule has 0 saturated heterocycles. The molecule has 5 nitrogen and oxygen atoms in total. The quantitative estimate of drug-likeness (QED) is 0.579. The lowest BCUT2D eigenvalue weighted by Gasteiger charge is -2.05. The number of nitrogens with zero attached hydrogens (tertiary/aromatic N) is 3. The highest BCUT2D eigenvalue weighted by Crippen LogP contribution is 2.25. The van der Waals surface area contributed by atoms with Gasteiger partial charge in [-0.15, -0.1) is 10.2 Å². The van der Waals surface area contributed by atoms with Crippen molar-refractivity contribution in [3.8, 4) is 17.1 Å². The summed E-state index contributed by atoms with van der Waals surface area (Å²) in [5, 5.41) is 9.03. The Labute approximate surface area is 133 Å². The number of methoxy groups -OCH3 is 1. The molecule has 2 aromatic carbocycles. The average Bonchev–Trinajstić information content (AvgIpc) is 2.95. The molecule has 0 fully saturated rings. The molecule has 0 amide bonds. The van der Waals surface area contributed by atoms with E-state index in [-0.39, 0.29) is 0 Å². The second-order valence-corrected chi connectivity index (χ2v) is 5.62. The number of hydrogen-bond acceptors (Lipinski definition) is 5. The molecule has 0 saturated carbocycles. The molecule has 0 unspecified atom stereocenters. The Morgan fingerprint density at radius 3 is 2.68 bits per heavy atom. The minimum atomic E-state index is 0.661. The lowest BCUT2D eigenvalue weighted by molar-refractivity contribution is 0.414. The van der Waals surface area contributed by atoms with E-state index in [1.54, 1.807) is 18.9 Å². The Bertz CT molecular complexity index is 758. The van der Waals surface area contributed by atoms with Gasteiger partial charge in [-0.1, -0.05) is 54.2 Å². The van der Waals surface area contributed by atoms with E-state index >= 15 is 0 Å². The molecule has 2 N–H and O–H groups in total. The van der Waals surface area contributed by atoms with Crippen molar-refractivity contribution >= 4 is 11.8 Å². The van der Waals surface area contributed by atoms with E-state index in [0.717, 1.165) is 22.6 Å². The van der Waals surface area contributed by atoms with E-state index in [1.807, 2.05) is 54.6 Å². The van der Waals surface area contributed by atoms with E-state index in [0.29, 0.717) is 11.0 Å². The van der Waals surface area contributed by atoms with Crippen molar-refractivity contribution in [2.75, 3.05) is 13.0 Å². The summed E-state index contributed by atoms with van der Waals surface area (Å²) < 4.78 is 6.75. The van der Waals surface area contributed by atoms with Crippen LogP contribution < -0.4 is 10.6 Å². The fourth-order valence-corrected chi connectivity index (χ4v) is 2.87. The van der Waals surface area contributed by atoms with Gasteiger partial charge in [0.15, 0.2) is 5.82 Å². The Morgan fingerprint density at radius 1 is 1.09 bits per heavy atom. The van der Waals surface area contributed by atoms with Crippen molar-refractivity contribution in [1.82, 2.24) is 14.9 Å². The molecule has 0 aliphatic heterocycles. The SMILES string of the molecule is COc1cccc(CSc2nnc(-c3ccccc3)n2N)c1. The maximum absolute atomic E-state index is 6.10. The molecule has 3 rings (SSSR count). The maximum atomic E-state index is 6.10. The molecule has 1 heterocycles. The molecular weight excluding hydrogens is 296 g/mol. The predicted octanol–water partition coefficient (Wildman–Crippen LogP) is 2.96. The first-order valence-corrected chi connectivity index (χ1v) is 7.78. The average molecular weight is 312 g/mol. The molecule has 3 aromatic rings. The van der Waals surface area contributed by atoms with Crippen molar-refractivity contribution in [2.45, 2.75) is 10.9 Å². The summed E-state index contributed by atoms with van der Waals surface area (Å²) in [4.78, 5) is 0. The first-order valence-electron chi connectivity index (χ1n) is 6.79. The first kappa shape index (κ1) is 14.5. The number of nitrogens with two attached hydrogens (primary N) is 1. The first-order chi connectivity index (χ1) is 10.8. The summed E-state index contributed by atoms with van der Waals surface area (Å²) in [7, 11) is 1.66. The number of nitrogen functional groups attached to an aromatic ring is 1. The maximum Gasteiger partial charge on any atom is 0.210 e. The summed E-state index contributed by atoms with van der Waals surface area (Å²) in [6, 6.07) is 17.7. The largest absolute Gasteiger partial charge is 0.497 e. The third kappa shape index (κ3) is 3.07. The second-order valence-electron chi connectivity index (χ2n) is 4.68. The molecule has 0 aliphatic rings. The second kappa shape index (κ2) is 6.53. The van der Waals surface area contributed by atoms with Crippen LogP contribution in [0, 0.1) is 0 Å². The van der Waals surface area contributed by atoms with Gasteiger partial charge in [0.25, 0.3) is 0 Å². The van der Waals surface area contributed by atoms with Crippen molar-refractivity contribution in [1.29, 1.82) is 0 Å². The molecule has 1 aromatic heterocycles. The Kier molecular flexibility index (Phi) is 4.29. The van der Waals surface area contributed by atoms with Gasteiger partial charge in [0.1, 0.15) is 5.75 Å². The normalized spacial score (nSPS) is 10.6. The molecule has 112 valence electrons. The summed E-state index contributed by atoms with van der Waals surface area (Å²) in [6.45, 7) is 0. The lowest BCUT2D eigenvalue weighted by Crippen LogP contribution is -2.11. The van der Waals surface area contributed by atoms with Crippen LogP contribution in [0.15, 0.2) is 59.8 Å². The minimum Gasteiger partial charge on any atom is -0.497 e. The highest BCUT2D eigenvalue weighted by atomic mass is 32.2. The topological polar surface area (TPSA) is 66.0 Å². The van der Waals surface area contributed by atoms with Gasteiger partial charge in [0.2, 0.25) is 5.16 Å². The standard InChI is InChI=1S/C16H16N4OS/c1-21-14-9-5-6-12(10-14)11-22-16-19-18-15(20(16)17)13-7-3-2-4-8-13/h2-10H,11,17H2,1H3. The smallest absolute Gasteiger partial charge is 0.210 e. The van der Waals surface area contributed by atoms with E-state index in [9.17, 15) is 0 Å². The number of benzene rings is 2. The monoisotopic (exact) mass is 312 g/mol. The lowest BCUT2D eigenvalue weighted by atomic mass is 10.2. The van der Waals surface area contributed by atoms with E-state index in [4.69, 9.17) is 10.6 Å². The Morgan fingerprint density at radius 2 is 1.91 bits per heavy atom. The van der Waals surface area contributed by atoms with Crippen LogP contribution >= 0.6 is 11.8 Å². The number of aromatic nitrogens is 3. The third-order valence-corrected chi connectivity index (χ3v) is 4.21. The summed E-state index contributed by atoms with van der Waals surface area (Å²) in [5.41, 5.74) is 2.10. The number of ether oxygens (including phenoxy) is 1. The summed E-state index contributed by atoms with van der Waals surface area (Å²) >= 11 is 1.54. The van der Waals surface area contributed by atoms with Gasteiger partial charge in [-0.3, -0.25) is 0 Å². The molecule has 0 bridgehead atoms. The van der Waals surface area contributed by atoms with Crippen LogP contribution in [0.1, 0.15) is 5.56 Å². The highest BCUT2D eigenvalue weighted by Gasteiger charge is 2.11. The van der Waals surface area contributed by atoms with E-state index in [2.05, 4.69) is 10.2 Å². The predicted molar refractivity (Wildman–Crippen MR) is 88.2 cm³/mol. The minimum absolute atomic E-state index is 0.661. The Balaban J connectivity index is 1.75. The molecular formula is C16H16N4OS. The third-order valence-electron chi connectivity index (χ3n) is 3.20. The summed E-state index contributed by atoms with van der Waals surface area (Å²) in [5.74, 6) is 8.36. The zero-order valence-electron chi connectivity index (χ0n) is 12.1. The zero-order chi connectivity index (χ0) is 15.4. The van der Waals surface area contributed by atoms with Crippen LogP contribution in [0.4, 0.5) is 0 Å². The van der Waals surface area contributed by atoms with Crippen LogP contribution in [-0.4, -0.2) is 22.0 Å². The van der Waals surface area contributed by atoms with Gasteiger partial charge in [0.05, 0.1) is 7.11 Å². The van der Waals surface area contributed by atoms with Gasteiger partial charge in [-0.25, -0.2) is 4.68 Å². The van der Waals surface area contributed by atoms with Crippen molar-refractivity contribution < 1.29 is 4.74 Å². The molecule has 22 heavy (non-hydrogen) atoms. The van der Waals surface area contributed by atoms with Crippen molar-refractivity contribution in [3.05, 3.63) is 60.2 Å². The van der Waals surface area contributed by atoms with Gasteiger partial charge in [-0.05, 0) is 17.7 Å². The van der Waals surface area contributed by atoms with Crippen LogP contribution in [0.5, 0.6) is 5.75 Å². The van der Waals surface area contributed by atoms with Crippen LogP contribution in [0.3, 0.4) is 0 Å². The van der Waals surface area contributed by atoms with Crippen LogP contribution in [0.2, 0.25) is 0 Å². The van der Waals surface area contributed by atoms with E-state index < -0.39 is 0 Å². The van der Waals surface area contributed by atoms with Gasteiger partial charge >= 0.3 is 0 Å². The molecule has 0 aliphatic carbocycles. The fourth-order valence-electron chi connectivity index (χ4n) is 2.07. The molecule has 0 spiro atoms. The highest BCUT2D eigenvalue weighted by molar-refractivity contribution is 7.98. The van der Waals surface area contributed by atoms with Crippen LogP contribution in [-0.2, 0) is 5.75 Å². The van der Waals surface area contributed by atoms with Crippen molar-refractivity contribution in [3.63, 3.8) is 0 Å². The van der Waals surface area contributed by atoms with Crippen molar-refractivity contribution in [2.24, 2.45) is 0 Å². The Hall–Kier alpha value is -2.47. The summed E-state index contributed by atoms with van der Waals surface area (Å²) in [6.07, 6.45) is 0. The van der Waals surface area contributed by atoms with Crippen LogP contribution in [0.25, 0.3) is 11.4 Å². The van der Waals surface area contributed by atoms with Gasteiger partial charge in [-0.2, -0.15) is 0 Å². The van der Waals surface area contributed by atoms with E-state index in [1.165, 1.54) is 4.68 Å². The molecule has 6 heteroatoms. The molecule has 0 radical (unpaired) electrons. The molecule has 0 atom stereocenters.